The molecule has 1 N–H and O–H groups in total. The number of hydrogen-bond donors (Lipinski definition) is 1. The third kappa shape index (κ3) is 2.78. The molecular formula is C15H20N2O2. The van der Waals surface area contributed by atoms with Crippen molar-refractivity contribution in [3.05, 3.63) is 29.3 Å². The van der Waals surface area contributed by atoms with Crippen LogP contribution in [0.1, 0.15) is 43.1 Å². The molecule has 2 rings (SSSR count). The molecule has 0 unspecified atom stereocenters. The smallest absolute Gasteiger partial charge is 0.251 e. The highest BCUT2D eigenvalue weighted by Crippen LogP contribution is 2.29. The average Bonchev–Trinajstić information content (AvgIpc) is 2.79. The second-order valence-electron chi connectivity index (χ2n) is 5.12. The molecule has 1 aliphatic rings. The maximum absolute atomic E-state index is 11.9. The quantitative estimate of drug-likeness (QED) is 0.905. The summed E-state index contributed by atoms with van der Waals surface area (Å²) in [6.45, 7) is 6.46. The van der Waals surface area contributed by atoms with Crippen LogP contribution in [0.2, 0.25) is 0 Å². The third-order valence-electron chi connectivity index (χ3n) is 3.26. The molecule has 1 aromatic carbocycles. The van der Waals surface area contributed by atoms with Gasteiger partial charge in [-0.2, -0.15) is 0 Å². The molecule has 0 spiro atoms. The zero-order valence-electron chi connectivity index (χ0n) is 11.7. The maximum Gasteiger partial charge on any atom is 0.251 e. The summed E-state index contributed by atoms with van der Waals surface area (Å²) in [4.78, 5) is 25.5. The van der Waals surface area contributed by atoms with Gasteiger partial charge in [-0.25, -0.2) is 0 Å². The lowest BCUT2D eigenvalue weighted by molar-refractivity contribution is -0.118. The standard InChI is InChI=1S/C15H20N2O2/c1-4-14(18)17-8-7-11-9-12(5-6-13(11)17)15(19)16-10(2)3/h5-6,9-10H,4,7-8H2,1-3H3,(H,16,19). The molecule has 0 aromatic heterocycles. The second kappa shape index (κ2) is 5.43. The van der Waals surface area contributed by atoms with Gasteiger partial charge in [-0.3, -0.25) is 9.59 Å². The van der Waals surface area contributed by atoms with E-state index in [1.165, 1.54) is 0 Å². The highest BCUT2D eigenvalue weighted by Gasteiger charge is 2.24. The molecule has 4 nitrogen and oxygen atoms in total. The number of carbonyl (C=O) groups excluding carboxylic acids is 2. The van der Waals surface area contributed by atoms with Crippen LogP contribution in [0, 0.1) is 0 Å². The predicted molar refractivity (Wildman–Crippen MR) is 75.4 cm³/mol. The highest BCUT2D eigenvalue weighted by molar-refractivity contribution is 5.98. The minimum atomic E-state index is -0.0573. The van der Waals surface area contributed by atoms with Crippen LogP contribution in [-0.4, -0.2) is 24.4 Å². The van der Waals surface area contributed by atoms with Gasteiger partial charge in [-0.15, -0.1) is 0 Å². The van der Waals surface area contributed by atoms with Crippen LogP contribution in [0.5, 0.6) is 0 Å². The Morgan fingerprint density at radius 1 is 1.37 bits per heavy atom. The Bertz CT molecular complexity index is 509. The summed E-state index contributed by atoms with van der Waals surface area (Å²) < 4.78 is 0. The second-order valence-corrected chi connectivity index (χ2v) is 5.12. The maximum atomic E-state index is 11.9. The zero-order valence-corrected chi connectivity index (χ0v) is 11.7. The van der Waals surface area contributed by atoms with E-state index in [1.807, 2.05) is 32.9 Å². The molecule has 0 radical (unpaired) electrons. The summed E-state index contributed by atoms with van der Waals surface area (Å²) in [5, 5.41) is 2.88. The van der Waals surface area contributed by atoms with E-state index in [-0.39, 0.29) is 17.9 Å². The van der Waals surface area contributed by atoms with Gasteiger partial charge < -0.3 is 10.2 Å². The van der Waals surface area contributed by atoms with E-state index < -0.39 is 0 Å². The summed E-state index contributed by atoms with van der Waals surface area (Å²) >= 11 is 0. The van der Waals surface area contributed by atoms with E-state index in [1.54, 1.807) is 11.0 Å². The fourth-order valence-corrected chi connectivity index (χ4v) is 2.34. The molecule has 4 heteroatoms. The van der Waals surface area contributed by atoms with Gasteiger partial charge in [0.15, 0.2) is 0 Å². The molecule has 1 aliphatic heterocycles. The van der Waals surface area contributed by atoms with Crippen LogP contribution in [0.3, 0.4) is 0 Å². The van der Waals surface area contributed by atoms with Crippen molar-refractivity contribution in [3.63, 3.8) is 0 Å². The van der Waals surface area contributed by atoms with Gasteiger partial charge in [0.2, 0.25) is 5.91 Å². The summed E-state index contributed by atoms with van der Waals surface area (Å²) in [6.07, 6.45) is 1.33. The Morgan fingerprint density at radius 2 is 2.11 bits per heavy atom. The van der Waals surface area contributed by atoms with Crippen molar-refractivity contribution in [2.75, 3.05) is 11.4 Å². The Balaban J connectivity index is 2.22. The molecule has 2 amide bonds. The van der Waals surface area contributed by atoms with Crippen molar-refractivity contribution in [2.45, 2.75) is 39.7 Å². The number of nitrogens with one attached hydrogen (secondary N) is 1. The Kier molecular flexibility index (Phi) is 3.88. The van der Waals surface area contributed by atoms with Crippen LogP contribution >= 0.6 is 0 Å². The highest BCUT2D eigenvalue weighted by atomic mass is 16.2. The van der Waals surface area contributed by atoms with E-state index in [0.717, 1.165) is 24.2 Å². The molecular weight excluding hydrogens is 240 g/mol. The van der Waals surface area contributed by atoms with Crippen molar-refractivity contribution in [2.24, 2.45) is 0 Å². The molecule has 0 aliphatic carbocycles. The first kappa shape index (κ1) is 13.6. The third-order valence-corrected chi connectivity index (χ3v) is 3.26. The molecule has 1 heterocycles. The van der Waals surface area contributed by atoms with E-state index >= 15 is 0 Å². The molecule has 0 bridgehead atoms. The molecule has 1 aromatic rings. The van der Waals surface area contributed by atoms with E-state index in [0.29, 0.717) is 12.0 Å². The van der Waals surface area contributed by atoms with Crippen LogP contribution in [0.15, 0.2) is 18.2 Å². The van der Waals surface area contributed by atoms with Crippen molar-refractivity contribution in [1.82, 2.24) is 5.32 Å². The van der Waals surface area contributed by atoms with Crippen LogP contribution < -0.4 is 10.2 Å². The number of rotatable bonds is 3. The van der Waals surface area contributed by atoms with Gasteiger partial charge in [0.25, 0.3) is 5.91 Å². The minimum absolute atomic E-state index is 0.0573. The Labute approximate surface area is 113 Å². The van der Waals surface area contributed by atoms with Gasteiger partial charge in [0.1, 0.15) is 0 Å². The van der Waals surface area contributed by atoms with Gasteiger partial charge in [-0.1, -0.05) is 6.92 Å². The fraction of sp³-hybridized carbons (Fsp3) is 0.467. The number of amides is 2. The van der Waals surface area contributed by atoms with Crippen molar-refractivity contribution >= 4 is 17.5 Å². The lowest BCUT2D eigenvalue weighted by Gasteiger charge is -2.16. The largest absolute Gasteiger partial charge is 0.350 e. The summed E-state index contributed by atoms with van der Waals surface area (Å²) in [5.41, 5.74) is 2.70. The lowest BCUT2D eigenvalue weighted by Crippen LogP contribution is -2.30. The molecule has 102 valence electrons. The van der Waals surface area contributed by atoms with Gasteiger partial charge in [0, 0.05) is 30.3 Å². The molecule has 0 fully saturated rings. The van der Waals surface area contributed by atoms with E-state index in [4.69, 9.17) is 0 Å². The van der Waals surface area contributed by atoms with Gasteiger partial charge in [-0.05, 0) is 44.0 Å². The normalized spacial score (nSPS) is 13.6. The topological polar surface area (TPSA) is 49.4 Å². The first-order chi connectivity index (χ1) is 9.02. The van der Waals surface area contributed by atoms with Crippen LogP contribution in [-0.2, 0) is 11.2 Å². The average molecular weight is 260 g/mol. The number of fused-ring (bicyclic) bond motifs is 1. The number of benzene rings is 1. The summed E-state index contributed by atoms with van der Waals surface area (Å²) in [7, 11) is 0. The van der Waals surface area contributed by atoms with E-state index in [2.05, 4.69) is 5.32 Å². The first-order valence-corrected chi connectivity index (χ1v) is 6.77. The van der Waals surface area contributed by atoms with Crippen molar-refractivity contribution in [3.8, 4) is 0 Å². The molecule has 0 saturated heterocycles. The van der Waals surface area contributed by atoms with Crippen LogP contribution in [0.25, 0.3) is 0 Å². The van der Waals surface area contributed by atoms with Crippen LogP contribution in [0.4, 0.5) is 5.69 Å². The van der Waals surface area contributed by atoms with Crippen molar-refractivity contribution in [1.29, 1.82) is 0 Å². The van der Waals surface area contributed by atoms with Gasteiger partial charge >= 0.3 is 0 Å². The SMILES string of the molecule is CCC(=O)N1CCc2cc(C(=O)NC(C)C)ccc21. The first-order valence-electron chi connectivity index (χ1n) is 6.77. The minimum Gasteiger partial charge on any atom is -0.350 e. The Hall–Kier alpha value is -1.84. The zero-order chi connectivity index (χ0) is 14.0. The number of anilines is 1. The van der Waals surface area contributed by atoms with Crippen molar-refractivity contribution < 1.29 is 9.59 Å². The summed E-state index contributed by atoms with van der Waals surface area (Å²) in [5.74, 6) is 0.0798. The predicted octanol–water partition coefficient (Wildman–Crippen LogP) is 2.12. The summed E-state index contributed by atoms with van der Waals surface area (Å²) in [6, 6.07) is 5.69. The molecule has 19 heavy (non-hydrogen) atoms. The molecule has 0 atom stereocenters. The monoisotopic (exact) mass is 260 g/mol. The Morgan fingerprint density at radius 3 is 2.74 bits per heavy atom. The number of hydrogen-bond acceptors (Lipinski definition) is 2. The van der Waals surface area contributed by atoms with E-state index in [9.17, 15) is 9.59 Å². The fourth-order valence-electron chi connectivity index (χ4n) is 2.34. The van der Waals surface area contributed by atoms with Gasteiger partial charge in [0.05, 0.1) is 0 Å². The number of nitrogens with zero attached hydrogens (tertiary/aromatic N) is 1. The number of carbonyl (C=O) groups is 2. The lowest BCUT2D eigenvalue weighted by atomic mass is 10.1. The molecule has 0 saturated carbocycles.